The number of hydrogen-bond donors (Lipinski definition) is 3. The molecular weight excluding hydrogens is 385 g/mol. The van der Waals surface area contributed by atoms with Gasteiger partial charge in [0.1, 0.15) is 6.54 Å². The second kappa shape index (κ2) is 15.6. The first-order chi connectivity index (χ1) is 13.5. The zero-order chi connectivity index (χ0) is 22.2. The highest BCUT2D eigenvalue weighted by atomic mass is 31.2. The quantitative estimate of drug-likeness (QED) is 0.101. The molecule has 0 aliphatic heterocycles. The van der Waals surface area contributed by atoms with E-state index < -0.39 is 12.9 Å². The molecule has 0 bridgehead atoms. The molecule has 174 valence electrons. The first-order valence-electron chi connectivity index (χ1n) is 11.8. The number of hydrogen-bond acceptors (Lipinski definition) is 2. The summed E-state index contributed by atoms with van der Waals surface area (Å²) in [5.41, 5.74) is 0. The van der Waals surface area contributed by atoms with Crippen LogP contribution in [0.2, 0.25) is 0 Å². The van der Waals surface area contributed by atoms with Gasteiger partial charge < -0.3 is 19.4 Å². The van der Waals surface area contributed by atoms with Gasteiger partial charge in [0.25, 0.3) is 0 Å². The highest BCUT2D eigenvalue weighted by Crippen LogP contribution is 2.52. The van der Waals surface area contributed by atoms with Gasteiger partial charge in [0.15, 0.2) is 0 Å². The number of likely N-dealkylation sites (N-methyl/N-ethyl adjacent to an activating group) is 1. The third-order valence-corrected chi connectivity index (χ3v) is 6.82. The van der Waals surface area contributed by atoms with Gasteiger partial charge in [0.2, 0.25) is 5.34 Å². The molecule has 0 aromatic rings. The van der Waals surface area contributed by atoms with E-state index in [0.717, 1.165) is 12.8 Å². The Hall–Kier alpha value is -0.190. The zero-order valence-electron chi connectivity index (χ0n) is 19.6. The highest BCUT2D eigenvalue weighted by Gasteiger charge is 2.48. The Bertz CT molecular complexity index is 470. The Kier molecular flexibility index (Phi) is 15.5. The fraction of sp³-hybridized carbons (Fsp3) is 0.913. The molecule has 0 saturated heterocycles. The number of quaternary nitrogens is 1. The molecule has 6 heteroatoms. The Labute approximate surface area is 180 Å². The van der Waals surface area contributed by atoms with Gasteiger partial charge in [-0.3, -0.25) is 4.57 Å². The van der Waals surface area contributed by atoms with E-state index in [0.29, 0.717) is 10.9 Å². The molecule has 0 saturated carbocycles. The fourth-order valence-corrected chi connectivity index (χ4v) is 4.76. The normalized spacial score (nSPS) is 15.1. The number of allylic oxidation sites excluding steroid dienone is 2. The van der Waals surface area contributed by atoms with Crippen molar-refractivity contribution >= 4 is 7.60 Å². The Morgan fingerprint density at radius 3 is 1.59 bits per heavy atom. The van der Waals surface area contributed by atoms with Crippen LogP contribution in [-0.2, 0) is 4.57 Å². The molecule has 29 heavy (non-hydrogen) atoms. The molecule has 0 amide bonds. The van der Waals surface area contributed by atoms with Crippen LogP contribution in [0, 0.1) is 0 Å². The van der Waals surface area contributed by atoms with Crippen molar-refractivity contribution in [3.05, 3.63) is 12.2 Å². The second-order valence-corrected chi connectivity index (χ2v) is 11.6. The number of nitrogens with zero attached hydrogens (tertiary/aromatic N) is 1. The molecule has 1 atom stereocenters. The van der Waals surface area contributed by atoms with E-state index in [1.807, 2.05) is 27.2 Å². The molecule has 0 aromatic heterocycles. The van der Waals surface area contributed by atoms with Gasteiger partial charge in [-0.25, -0.2) is 0 Å². The van der Waals surface area contributed by atoms with Crippen LogP contribution in [0.25, 0.3) is 0 Å². The standard InChI is InChI=1S/C23H48NO4P/c1-5-6-7-8-9-10-11-12-13-14-15-16-17-18-19-20-21-23(25,29(26,27)28)22-24(2,3)4/h18-19,25H,5-17,20-22H2,1-4H3,(H-,26,27,28)/p+1/b19-18-. The molecule has 0 rings (SSSR count). The fourth-order valence-electron chi connectivity index (χ4n) is 3.73. The van der Waals surface area contributed by atoms with Gasteiger partial charge in [-0.15, -0.1) is 0 Å². The SMILES string of the molecule is CCCCCCCCCCCCCC/C=C\CCC(O)(C[N+](C)(C)C)P(=O)(O)O. The van der Waals surface area contributed by atoms with E-state index in [-0.39, 0.29) is 13.0 Å². The van der Waals surface area contributed by atoms with E-state index in [1.165, 1.54) is 70.6 Å². The largest absolute Gasteiger partial charge is 0.373 e. The first-order valence-corrected chi connectivity index (χ1v) is 13.4. The van der Waals surface area contributed by atoms with Crippen molar-refractivity contribution in [3.8, 4) is 0 Å². The second-order valence-electron chi connectivity index (χ2n) is 9.66. The lowest BCUT2D eigenvalue weighted by molar-refractivity contribution is -0.875. The molecule has 0 aliphatic carbocycles. The Morgan fingerprint density at radius 1 is 0.759 bits per heavy atom. The summed E-state index contributed by atoms with van der Waals surface area (Å²) in [4.78, 5) is 19.1. The molecule has 0 heterocycles. The van der Waals surface area contributed by atoms with Crippen molar-refractivity contribution in [1.82, 2.24) is 0 Å². The maximum atomic E-state index is 11.7. The minimum absolute atomic E-state index is 0.0316. The van der Waals surface area contributed by atoms with Crippen molar-refractivity contribution in [3.63, 3.8) is 0 Å². The minimum Gasteiger partial charge on any atom is -0.373 e. The van der Waals surface area contributed by atoms with Gasteiger partial charge in [0, 0.05) is 0 Å². The third-order valence-electron chi connectivity index (χ3n) is 5.37. The van der Waals surface area contributed by atoms with Crippen molar-refractivity contribution in [2.24, 2.45) is 0 Å². The number of unbranched alkanes of at least 4 members (excludes halogenated alkanes) is 12. The molecule has 1 unspecified atom stereocenters. The smallest absolute Gasteiger partial charge is 0.362 e. The van der Waals surface area contributed by atoms with Crippen LogP contribution in [-0.4, -0.2) is 52.4 Å². The van der Waals surface area contributed by atoms with Crippen LogP contribution in [0.3, 0.4) is 0 Å². The van der Waals surface area contributed by atoms with E-state index >= 15 is 0 Å². The molecule has 0 aliphatic rings. The van der Waals surface area contributed by atoms with Crippen molar-refractivity contribution in [1.29, 1.82) is 0 Å². The molecule has 0 spiro atoms. The monoisotopic (exact) mass is 434 g/mol. The lowest BCUT2D eigenvalue weighted by Gasteiger charge is -2.35. The predicted octanol–water partition coefficient (Wildman–Crippen LogP) is 5.99. The van der Waals surface area contributed by atoms with Gasteiger partial charge in [0.05, 0.1) is 21.1 Å². The maximum absolute atomic E-state index is 11.7. The minimum atomic E-state index is -4.57. The molecule has 0 fully saturated rings. The predicted molar refractivity (Wildman–Crippen MR) is 124 cm³/mol. The van der Waals surface area contributed by atoms with Crippen LogP contribution in [0.15, 0.2) is 12.2 Å². The van der Waals surface area contributed by atoms with Gasteiger partial charge in [-0.2, -0.15) is 0 Å². The van der Waals surface area contributed by atoms with Crippen molar-refractivity contribution < 1.29 is 23.9 Å². The Balaban J connectivity index is 3.74. The van der Waals surface area contributed by atoms with E-state index in [9.17, 15) is 19.5 Å². The van der Waals surface area contributed by atoms with E-state index in [1.54, 1.807) is 0 Å². The summed E-state index contributed by atoms with van der Waals surface area (Å²) < 4.78 is 12.0. The van der Waals surface area contributed by atoms with Crippen LogP contribution in [0.1, 0.15) is 103 Å². The van der Waals surface area contributed by atoms with Crippen LogP contribution in [0.5, 0.6) is 0 Å². The third kappa shape index (κ3) is 16.2. The topological polar surface area (TPSA) is 77.8 Å². The molecule has 0 radical (unpaired) electrons. The highest BCUT2D eigenvalue weighted by molar-refractivity contribution is 7.53. The number of aliphatic hydroxyl groups is 1. The summed E-state index contributed by atoms with van der Waals surface area (Å²) in [6.07, 6.45) is 21.7. The van der Waals surface area contributed by atoms with Crippen molar-refractivity contribution in [2.45, 2.75) is 109 Å². The average Bonchev–Trinajstić information content (AvgIpc) is 2.59. The summed E-state index contributed by atoms with van der Waals surface area (Å²) in [6, 6.07) is 0. The van der Waals surface area contributed by atoms with Crippen LogP contribution >= 0.6 is 7.60 Å². The summed E-state index contributed by atoms with van der Waals surface area (Å²) >= 11 is 0. The van der Waals surface area contributed by atoms with Gasteiger partial charge in [-0.05, 0) is 25.7 Å². The number of rotatable bonds is 19. The summed E-state index contributed by atoms with van der Waals surface area (Å²) in [5.74, 6) is 0. The van der Waals surface area contributed by atoms with Crippen LogP contribution < -0.4 is 0 Å². The Morgan fingerprint density at radius 2 is 1.17 bits per heavy atom. The molecule has 5 nitrogen and oxygen atoms in total. The maximum Gasteiger partial charge on any atom is 0.362 e. The van der Waals surface area contributed by atoms with Crippen LogP contribution in [0.4, 0.5) is 0 Å². The van der Waals surface area contributed by atoms with Gasteiger partial charge >= 0.3 is 7.60 Å². The lowest BCUT2D eigenvalue weighted by Crippen LogP contribution is -2.49. The average molecular weight is 435 g/mol. The summed E-state index contributed by atoms with van der Waals surface area (Å²) in [7, 11) is 0.902. The molecule has 0 aromatic carbocycles. The first kappa shape index (κ1) is 28.8. The van der Waals surface area contributed by atoms with E-state index in [4.69, 9.17) is 0 Å². The summed E-state index contributed by atoms with van der Waals surface area (Å²) in [5, 5.41) is 8.53. The molecule has 3 N–H and O–H groups in total. The van der Waals surface area contributed by atoms with Crippen molar-refractivity contribution in [2.75, 3.05) is 27.7 Å². The zero-order valence-corrected chi connectivity index (χ0v) is 20.5. The van der Waals surface area contributed by atoms with Gasteiger partial charge in [-0.1, -0.05) is 89.7 Å². The lowest BCUT2D eigenvalue weighted by atomic mass is 10.0. The summed E-state index contributed by atoms with van der Waals surface area (Å²) in [6.45, 7) is 2.29. The van der Waals surface area contributed by atoms with E-state index in [2.05, 4.69) is 13.0 Å². The molecular formula is C23H49NO4P+.